The molecule has 0 aromatic heterocycles. The molecule has 1 aromatic rings. The lowest BCUT2D eigenvalue weighted by molar-refractivity contribution is -0.125. The molecule has 1 fully saturated rings. The van der Waals surface area contributed by atoms with Gasteiger partial charge >= 0.3 is 0 Å². The lowest BCUT2D eigenvalue weighted by atomic mass is 9.97. The molecule has 1 heterocycles. The van der Waals surface area contributed by atoms with Gasteiger partial charge in [0.25, 0.3) is 0 Å². The number of piperidine rings is 1. The van der Waals surface area contributed by atoms with Gasteiger partial charge in [-0.1, -0.05) is 32.0 Å². The molecule has 0 unspecified atom stereocenters. The van der Waals surface area contributed by atoms with Crippen LogP contribution >= 0.6 is 12.4 Å². The molecular formula is C17H27ClN2O2. The summed E-state index contributed by atoms with van der Waals surface area (Å²) in [7, 11) is 0. The topological polar surface area (TPSA) is 50.4 Å². The minimum Gasteiger partial charge on any atom is -0.491 e. The summed E-state index contributed by atoms with van der Waals surface area (Å²) in [4.78, 5) is 12.0. The van der Waals surface area contributed by atoms with E-state index < -0.39 is 0 Å². The summed E-state index contributed by atoms with van der Waals surface area (Å²) in [5.41, 5.74) is 1.21. The Morgan fingerprint density at radius 2 is 2.00 bits per heavy atom. The molecule has 1 amide bonds. The van der Waals surface area contributed by atoms with Gasteiger partial charge in [-0.3, -0.25) is 4.79 Å². The van der Waals surface area contributed by atoms with Crippen molar-refractivity contribution in [2.45, 2.75) is 32.6 Å². The fourth-order valence-corrected chi connectivity index (χ4v) is 2.65. The minimum atomic E-state index is 0. The summed E-state index contributed by atoms with van der Waals surface area (Å²) in [6.45, 7) is 7.27. The zero-order chi connectivity index (χ0) is 15.1. The third-order valence-electron chi connectivity index (χ3n) is 3.91. The standard InChI is InChI=1S/C17H26N2O2.ClH/c1-13(2)15-5-3-4-6-16(15)21-12-11-19-17(20)14-7-9-18-10-8-14;/h3-6,13-14,18H,7-12H2,1-2H3,(H,19,20);1H. The number of hydrogen-bond acceptors (Lipinski definition) is 3. The molecule has 2 rings (SSSR count). The van der Waals surface area contributed by atoms with Gasteiger partial charge < -0.3 is 15.4 Å². The van der Waals surface area contributed by atoms with Crippen LogP contribution in [0.15, 0.2) is 24.3 Å². The van der Waals surface area contributed by atoms with Gasteiger partial charge in [0.15, 0.2) is 0 Å². The first-order valence-corrected chi connectivity index (χ1v) is 7.88. The summed E-state index contributed by atoms with van der Waals surface area (Å²) >= 11 is 0. The predicted octanol–water partition coefficient (Wildman–Crippen LogP) is 2.73. The third-order valence-corrected chi connectivity index (χ3v) is 3.91. The van der Waals surface area contributed by atoms with Crippen LogP contribution in [0, 0.1) is 5.92 Å². The van der Waals surface area contributed by atoms with Crippen LogP contribution in [0.4, 0.5) is 0 Å². The number of benzene rings is 1. The van der Waals surface area contributed by atoms with E-state index in [1.807, 2.05) is 18.2 Å². The average molecular weight is 327 g/mol. The Morgan fingerprint density at radius 3 is 2.68 bits per heavy atom. The minimum absolute atomic E-state index is 0. The summed E-state index contributed by atoms with van der Waals surface area (Å²) in [5.74, 6) is 1.68. The van der Waals surface area contributed by atoms with E-state index >= 15 is 0 Å². The van der Waals surface area contributed by atoms with E-state index in [-0.39, 0.29) is 24.2 Å². The van der Waals surface area contributed by atoms with Crippen LogP contribution < -0.4 is 15.4 Å². The highest BCUT2D eigenvalue weighted by Crippen LogP contribution is 2.25. The van der Waals surface area contributed by atoms with Gasteiger partial charge in [0.2, 0.25) is 5.91 Å². The number of rotatable bonds is 6. The molecule has 4 nitrogen and oxygen atoms in total. The zero-order valence-corrected chi connectivity index (χ0v) is 14.2. The Labute approximate surface area is 139 Å². The molecule has 1 aliphatic heterocycles. The molecule has 0 saturated carbocycles. The van der Waals surface area contributed by atoms with Crippen LogP contribution in [0.1, 0.15) is 38.2 Å². The smallest absolute Gasteiger partial charge is 0.223 e. The Bertz CT molecular complexity index is 460. The van der Waals surface area contributed by atoms with Crippen molar-refractivity contribution in [1.82, 2.24) is 10.6 Å². The van der Waals surface area contributed by atoms with Crippen LogP contribution in [0.25, 0.3) is 0 Å². The van der Waals surface area contributed by atoms with Crippen LogP contribution in [-0.4, -0.2) is 32.1 Å². The van der Waals surface area contributed by atoms with Gasteiger partial charge in [-0.05, 0) is 43.5 Å². The van der Waals surface area contributed by atoms with Gasteiger partial charge in [-0.2, -0.15) is 0 Å². The molecule has 1 saturated heterocycles. The maximum absolute atomic E-state index is 12.0. The quantitative estimate of drug-likeness (QED) is 0.790. The Hall–Kier alpha value is -1.26. The van der Waals surface area contributed by atoms with Crippen molar-refractivity contribution in [1.29, 1.82) is 0 Å². The SMILES string of the molecule is CC(C)c1ccccc1OCCNC(=O)C1CCNCC1.Cl. The molecule has 1 aliphatic rings. The molecule has 0 atom stereocenters. The van der Waals surface area contributed by atoms with Crippen molar-refractivity contribution < 1.29 is 9.53 Å². The molecule has 0 bridgehead atoms. The first-order valence-electron chi connectivity index (χ1n) is 7.88. The van der Waals surface area contributed by atoms with E-state index in [1.54, 1.807) is 0 Å². The van der Waals surface area contributed by atoms with E-state index in [2.05, 4.69) is 30.5 Å². The fourth-order valence-electron chi connectivity index (χ4n) is 2.65. The molecule has 0 spiro atoms. The van der Waals surface area contributed by atoms with Crippen LogP contribution in [0.2, 0.25) is 0 Å². The lowest BCUT2D eigenvalue weighted by Gasteiger charge is -2.21. The maximum Gasteiger partial charge on any atom is 0.223 e. The van der Waals surface area contributed by atoms with Gasteiger partial charge in [0.1, 0.15) is 12.4 Å². The largest absolute Gasteiger partial charge is 0.491 e. The zero-order valence-electron chi connectivity index (χ0n) is 13.4. The first-order chi connectivity index (χ1) is 10.2. The van der Waals surface area contributed by atoms with Crippen molar-refractivity contribution >= 4 is 18.3 Å². The van der Waals surface area contributed by atoms with E-state index in [9.17, 15) is 4.79 Å². The van der Waals surface area contributed by atoms with Crippen molar-refractivity contribution in [2.75, 3.05) is 26.2 Å². The van der Waals surface area contributed by atoms with Gasteiger partial charge in [-0.15, -0.1) is 12.4 Å². The van der Waals surface area contributed by atoms with Crippen LogP contribution in [-0.2, 0) is 4.79 Å². The highest BCUT2D eigenvalue weighted by atomic mass is 35.5. The number of para-hydroxylation sites is 1. The average Bonchev–Trinajstić information content (AvgIpc) is 2.52. The van der Waals surface area contributed by atoms with E-state index in [1.165, 1.54) is 5.56 Å². The van der Waals surface area contributed by atoms with E-state index in [0.29, 0.717) is 19.1 Å². The monoisotopic (exact) mass is 326 g/mol. The number of hydrogen-bond donors (Lipinski definition) is 2. The van der Waals surface area contributed by atoms with Gasteiger partial charge in [0, 0.05) is 5.92 Å². The molecule has 124 valence electrons. The highest BCUT2D eigenvalue weighted by molar-refractivity contribution is 5.85. The predicted molar refractivity (Wildman–Crippen MR) is 91.9 cm³/mol. The molecular weight excluding hydrogens is 300 g/mol. The number of amides is 1. The van der Waals surface area contributed by atoms with Gasteiger partial charge in [0.05, 0.1) is 6.54 Å². The normalized spacial score (nSPS) is 15.2. The number of carbonyl (C=O) groups is 1. The number of nitrogens with one attached hydrogen (secondary N) is 2. The number of ether oxygens (including phenoxy) is 1. The Morgan fingerprint density at radius 1 is 1.32 bits per heavy atom. The Kier molecular flexibility index (Phi) is 8.28. The molecule has 2 N–H and O–H groups in total. The second kappa shape index (κ2) is 9.70. The van der Waals surface area contributed by atoms with Crippen LogP contribution in [0.3, 0.4) is 0 Å². The third kappa shape index (κ3) is 5.50. The number of carbonyl (C=O) groups excluding carboxylic acids is 1. The van der Waals surface area contributed by atoms with Gasteiger partial charge in [-0.25, -0.2) is 0 Å². The second-order valence-electron chi connectivity index (χ2n) is 5.86. The molecule has 22 heavy (non-hydrogen) atoms. The Balaban J connectivity index is 0.00000242. The highest BCUT2D eigenvalue weighted by Gasteiger charge is 2.20. The summed E-state index contributed by atoms with van der Waals surface area (Å²) in [6, 6.07) is 8.09. The maximum atomic E-state index is 12.0. The summed E-state index contributed by atoms with van der Waals surface area (Å²) in [6.07, 6.45) is 1.87. The fraction of sp³-hybridized carbons (Fsp3) is 0.588. The second-order valence-corrected chi connectivity index (χ2v) is 5.86. The summed E-state index contributed by atoms with van der Waals surface area (Å²) < 4.78 is 5.81. The van der Waals surface area contributed by atoms with Crippen LogP contribution in [0.5, 0.6) is 5.75 Å². The van der Waals surface area contributed by atoms with Crippen molar-refractivity contribution in [3.8, 4) is 5.75 Å². The summed E-state index contributed by atoms with van der Waals surface area (Å²) in [5, 5.41) is 6.25. The van der Waals surface area contributed by atoms with Crippen molar-refractivity contribution in [3.05, 3.63) is 29.8 Å². The van der Waals surface area contributed by atoms with E-state index in [4.69, 9.17) is 4.74 Å². The lowest BCUT2D eigenvalue weighted by Crippen LogP contribution is -2.39. The first kappa shape index (κ1) is 18.8. The van der Waals surface area contributed by atoms with E-state index in [0.717, 1.165) is 31.7 Å². The molecule has 0 aliphatic carbocycles. The molecule has 5 heteroatoms. The molecule has 1 aromatic carbocycles. The molecule has 0 radical (unpaired) electrons. The van der Waals surface area contributed by atoms with Crippen molar-refractivity contribution in [3.63, 3.8) is 0 Å². The number of halogens is 1. The van der Waals surface area contributed by atoms with Crippen molar-refractivity contribution in [2.24, 2.45) is 5.92 Å².